The fourth-order valence-corrected chi connectivity index (χ4v) is 3.91. The van der Waals surface area contributed by atoms with Gasteiger partial charge in [0.15, 0.2) is 0 Å². The van der Waals surface area contributed by atoms with Crippen LogP contribution in [0.15, 0.2) is 24.3 Å². The van der Waals surface area contributed by atoms with Crippen molar-refractivity contribution in [1.29, 1.82) is 0 Å². The molecule has 0 aromatic heterocycles. The highest BCUT2D eigenvalue weighted by molar-refractivity contribution is 5.92. The van der Waals surface area contributed by atoms with Crippen LogP contribution >= 0.6 is 0 Å². The van der Waals surface area contributed by atoms with Gasteiger partial charge in [-0.1, -0.05) is 19.1 Å². The molecule has 108 valence electrons. The number of nitrogens with two attached hydrogens (primary N) is 1. The van der Waals surface area contributed by atoms with Crippen molar-refractivity contribution in [3.63, 3.8) is 0 Å². The van der Waals surface area contributed by atoms with E-state index in [1.807, 2.05) is 12.1 Å². The molecule has 0 saturated carbocycles. The second-order valence-electron chi connectivity index (χ2n) is 6.05. The number of benzene rings is 1. The van der Waals surface area contributed by atoms with Crippen molar-refractivity contribution in [3.8, 4) is 0 Å². The third kappa shape index (κ3) is 2.45. The summed E-state index contributed by atoms with van der Waals surface area (Å²) < 4.78 is 0. The van der Waals surface area contributed by atoms with Crippen LogP contribution in [-0.4, -0.2) is 36.5 Å². The second kappa shape index (κ2) is 5.54. The Kier molecular flexibility index (Phi) is 3.76. The Morgan fingerprint density at radius 2 is 2.30 bits per heavy atom. The van der Waals surface area contributed by atoms with Gasteiger partial charge >= 0.3 is 0 Å². The Bertz CT molecular complexity index is 502. The number of hydrogen-bond donors (Lipinski definition) is 2. The van der Waals surface area contributed by atoms with Crippen molar-refractivity contribution in [2.24, 2.45) is 17.6 Å². The molecule has 4 nitrogen and oxygen atoms in total. The lowest BCUT2D eigenvalue weighted by Crippen LogP contribution is -2.34. The molecule has 4 heteroatoms. The van der Waals surface area contributed by atoms with Gasteiger partial charge in [-0.15, -0.1) is 0 Å². The number of rotatable bonds is 4. The standard InChI is InChI=1S/C16H23N3O/c1-2-15-14-8-18-7-13(14)10-19(15)9-11-4-3-5-12(6-11)16(17)20/h3-6,13-15,18H,2,7-10H2,1H3,(H2,17,20). The highest BCUT2D eigenvalue weighted by Crippen LogP contribution is 2.35. The van der Waals surface area contributed by atoms with E-state index in [0.717, 1.165) is 38.0 Å². The molecular weight excluding hydrogens is 250 g/mol. The summed E-state index contributed by atoms with van der Waals surface area (Å²) in [6.45, 7) is 6.67. The molecule has 2 aliphatic heterocycles. The summed E-state index contributed by atoms with van der Waals surface area (Å²) in [5.41, 5.74) is 7.15. The van der Waals surface area contributed by atoms with Gasteiger partial charge in [-0.2, -0.15) is 0 Å². The summed E-state index contributed by atoms with van der Waals surface area (Å²) in [4.78, 5) is 13.9. The summed E-state index contributed by atoms with van der Waals surface area (Å²) in [5, 5.41) is 3.51. The lowest BCUT2D eigenvalue weighted by molar-refractivity contribution is 0.1000. The fraction of sp³-hybridized carbons (Fsp3) is 0.562. The quantitative estimate of drug-likeness (QED) is 0.867. The van der Waals surface area contributed by atoms with E-state index in [1.165, 1.54) is 12.0 Å². The van der Waals surface area contributed by atoms with Crippen LogP contribution in [0.25, 0.3) is 0 Å². The van der Waals surface area contributed by atoms with Gasteiger partial charge in [0, 0.05) is 24.7 Å². The summed E-state index contributed by atoms with van der Waals surface area (Å²) >= 11 is 0. The first kappa shape index (κ1) is 13.6. The molecule has 20 heavy (non-hydrogen) atoms. The van der Waals surface area contributed by atoms with Crippen molar-refractivity contribution >= 4 is 5.91 Å². The van der Waals surface area contributed by atoms with Gasteiger partial charge in [-0.05, 0) is 49.0 Å². The van der Waals surface area contributed by atoms with Crippen LogP contribution in [0, 0.1) is 11.8 Å². The zero-order chi connectivity index (χ0) is 14.1. The number of likely N-dealkylation sites (tertiary alicyclic amines) is 1. The molecule has 0 radical (unpaired) electrons. The van der Waals surface area contributed by atoms with Crippen molar-refractivity contribution in [3.05, 3.63) is 35.4 Å². The maximum absolute atomic E-state index is 11.3. The van der Waals surface area contributed by atoms with Crippen LogP contribution in [0.2, 0.25) is 0 Å². The van der Waals surface area contributed by atoms with Crippen LogP contribution in [0.5, 0.6) is 0 Å². The molecule has 3 unspecified atom stereocenters. The van der Waals surface area contributed by atoms with Crippen LogP contribution in [0.1, 0.15) is 29.3 Å². The minimum Gasteiger partial charge on any atom is -0.366 e. The number of amides is 1. The van der Waals surface area contributed by atoms with E-state index in [4.69, 9.17) is 5.73 Å². The van der Waals surface area contributed by atoms with E-state index in [2.05, 4.69) is 23.2 Å². The first-order chi connectivity index (χ1) is 9.69. The van der Waals surface area contributed by atoms with Crippen LogP contribution < -0.4 is 11.1 Å². The molecule has 2 fully saturated rings. The normalized spacial score (nSPS) is 29.6. The molecule has 0 bridgehead atoms. The average molecular weight is 273 g/mol. The molecule has 2 saturated heterocycles. The van der Waals surface area contributed by atoms with Crippen LogP contribution in [0.4, 0.5) is 0 Å². The Hall–Kier alpha value is -1.39. The van der Waals surface area contributed by atoms with E-state index in [0.29, 0.717) is 11.6 Å². The Morgan fingerprint density at radius 1 is 1.45 bits per heavy atom. The molecule has 3 N–H and O–H groups in total. The summed E-state index contributed by atoms with van der Waals surface area (Å²) in [5.74, 6) is 1.24. The van der Waals surface area contributed by atoms with Crippen molar-refractivity contribution in [2.75, 3.05) is 19.6 Å². The SMILES string of the molecule is CCC1C2CNCC2CN1Cc1cccc(C(N)=O)c1. The summed E-state index contributed by atoms with van der Waals surface area (Å²) in [7, 11) is 0. The number of primary amides is 1. The van der Waals surface area contributed by atoms with E-state index in [9.17, 15) is 4.79 Å². The molecule has 3 atom stereocenters. The number of carbonyl (C=O) groups is 1. The molecular formula is C16H23N3O. The third-order valence-corrected chi connectivity index (χ3v) is 4.84. The highest BCUT2D eigenvalue weighted by atomic mass is 16.1. The van der Waals surface area contributed by atoms with Gasteiger partial charge in [-0.3, -0.25) is 9.69 Å². The Balaban J connectivity index is 1.74. The maximum Gasteiger partial charge on any atom is 0.248 e. The lowest BCUT2D eigenvalue weighted by Gasteiger charge is -2.26. The number of nitrogens with one attached hydrogen (secondary N) is 1. The Labute approximate surface area is 120 Å². The predicted octanol–water partition coefficient (Wildman–Crippen LogP) is 1.22. The highest BCUT2D eigenvalue weighted by Gasteiger charge is 2.42. The minimum absolute atomic E-state index is 0.346. The number of carbonyl (C=O) groups excluding carboxylic acids is 1. The van der Waals surface area contributed by atoms with Gasteiger partial charge in [0.1, 0.15) is 0 Å². The molecule has 1 amide bonds. The van der Waals surface area contributed by atoms with Gasteiger partial charge in [0.25, 0.3) is 0 Å². The molecule has 2 heterocycles. The van der Waals surface area contributed by atoms with Gasteiger partial charge in [-0.25, -0.2) is 0 Å². The monoisotopic (exact) mass is 273 g/mol. The third-order valence-electron chi connectivity index (χ3n) is 4.84. The molecule has 0 aliphatic carbocycles. The largest absolute Gasteiger partial charge is 0.366 e. The van der Waals surface area contributed by atoms with Crippen molar-refractivity contribution in [1.82, 2.24) is 10.2 Å². The van der Waals surface area contributed by atoms with Gasteiger partial charge in [0.05, 0.1) is 0 Å². The van der Waals surface area contributed by atoms with E-state index in [1.54, 1.807) is 6.07 Å². The maximum atomic E-state index is 11.3. The predicted molar refractivity (Wildman–Crippen MR) is 79.3 cm³/mol. The average Bonchev–Trinajstić information content (AvgIpc) is 2.99. The first-order valence-corrected chi connectivity index (χ1v) is 7.52. The van der Waals surface area contributed by atoms with Gasteiger partial charge in [0.2, 0.25) is 5.91 Å². The van der Waals surface area contributed by atoms with E-state index >= 15 is 0 Å². The zero-order valence-electron chi connectivity index (χ0n) is 12.0. The van der Waals surface area contributed by atoms with E-state index in [-0.39, 0.29) is 5.91 Å². The molecule has 2 aliphatic rings. The minimum atomic E-state index is -0.346. The number of fused-ring (bicyclic) bond motifs is 1. The molecule has 1 aromatic carbocycles. The molecule has 0 spiro atoms. The van der Waals surface area contributed by atoms with Crippen LogP contribution in [0.3, 0.4) is 0 Å². The summed E-state index contributed by atoms with van der Waals surface area (Å²) in [6, 6.07) is 8.39. The summed E-state index contributed by atoms with van der Waals surface area (Å²) in [6.07, 6.45) is 1.19. The number of nitrogens with zero attached hydrogens (tertiary/aromatic N) is 1. The smallest absolute Gasteiger partial charge is 0.248 e. The van der Waals surface area contributed by atoms with Gasteiger partial charge < -0.3 is 11.1 Å². The molecule has 1 aromatic rings. The Morgan fingerprint density at radius 3 is 3.05 bits per heavy atom. The zero-order valence-corrected chi connectivity index (χ0v) is 12.0. The topological polar surface area (TPSA) is 58.4 Å². The fourth-order valence-electron chi connectivity index (χ4n) is 3.91. The van der Waals surface area contributed by atoms with Crippen molar-refractivity contribution in [2.45, 2.75) is 25.9 Å². The first-order valence-electron chi connectivity index (χ1n) is 7.52. The number of hydrogen-bond acceptors (Lipinski definition) is 3. The lowest BCUT2D eigenvalue weighted by atomic mass is 9.93. The second-order valence-corrected chi connectivity index (χ2v) is 6.05. The van der Waals surface area contributed by atoms with Crippen LogP contribution in [-0.2, 0) is 6.54 Å². The van der Waals surface area contributed by atoms with E-state index < -0.39 is 0 Å². The molecule has 3 rings (SSSR count). The van der Waals surface area contributed by atoms with Crippen molar-refractivity contribution < 1.29 is 4.79 Å².